The predicted molar refractivity (Wildman–Crippen MR) is 74.3 cm³/mol. The van der Waals surface area contributed by atoms with Gasteiger partial charge in [-0.1, -0.05) is 36.4 Å². The standard InChI is InChI=1S/C12H11ClF2N2OS/c1-7-6-17(9-4-2-3-8(13)5-9)12(19-7)16-11(18)10(14)15/h2-5,7,10H,6H2,1H3. The van der Waals surface area contributed by atoms with Crippen molar-refractivity contribution in [2.24, 2.45) is 4.99 Å². The third-order valence-corrected chi connectivity index (χ3v) is 3.80. The summed E-state index contributed by atoms with van der Waals surface area (Å²) < 4.78 is 24.5. The van der Waals surface area contributed by atoms with Gasteiger partial charge in [-0.2, -0.15) is 13.8 Å². The lowest BCUT2D eigenvalue weighted by Gasteiger charge is -2.18. The van der Waals surface area contributed by atoms with E-state index in [1.54, 1.807) is 29.2 Å². The Morgan fingerprint density at radius 1 is 1.58 bits per heavy atom. The third kappa shape index (κ3) is 3.45. The monoisotopic (exact) mass is 304 g/mol. The van der Waals surface area contributed by atoms with Gasteiger partial charge in [0.05, 0.1) is 0 Å². The minimum absolute atomic E-state index is 0.170. The zero-order valence-electron chi connectivity index (χ0n) is 10.0. The Balaban J connectivity index is 2.30. The summed E-state index contributed by atoms with van der Waals surface area (Å²) in [6.07, 6.45) is -3.08. The van der Waals surface area contributed by atoms with Crippen molar-refractivity contribution in [2.45, 2.75) is 18.6 Å². The van der Waals surface area contributed by atoms with Crippen LogP contribution < -0.4 is 4.90 Å². The van der Waals surface area contributed by atoms with Crippen LogP contribution >= 0.6 is 23.4 Å². The molecule has 1 unspecified atom stereocenters. The highest BCUT2D eigenvalue weighted by molar-refractivity contribution is 8.15. The summed E-state index contributed by atoms with van der Waals surface area (Å²) in [6.45, 7) is 2.54. The molecule has 0 N–H and O–H groups in total. The number of aliphatic imine (C=N–C) groups is 1. The van der Waals surface area contributed by atoms with Gasteiger partial charge in [-0.15, -0.1) is 0 Å². The van der Waals surface area contributed by atoms with Gasteiger partial charge in [0.2, 0.25) is 0 Å². The zero-order valence-corrected chi connectivity index (χ0v) is 11.6. The van der Waals surface area contributed by atoms with E-state index < -0.39 is 12.3 Å². The molecule has 0 bridgehead atoms. The van der Waals surface area contributed by atoms with Crippen LogP contribution in [-0.4, -0.2) is 29.3 Å². The van der Waals surface area contributed by atoms with Crippen LogP contribution in [0.25, 0.3) is 0 Å². The number of alkyl halides is 2. The Bertz CT molecular complexity index is 524. The van der Waals surface area contributed by atoms with Gasteiger partial charge in [-0.3, -0.25) is 4.79 Å². The molecule has 3 nitrogen and oxygen atoms in total. The maximum Gasteiger partial charge on any atom is 0.317 e. The quantitative estimate of drug-likeness (QED) is 0.839. The number of halogens is 3. The molecular weight excluding hydrogens is 294 g/mol. The number of amidine groups is 1. The number of carbonyl (C=O) groups is 1. The summed E-state index contributed by atoms with van der Waals surface area (Å²) in [7, 11) is 0. The van der Waals surface area contributed by atoms with E-state index in [4.69, 9.17) is 11.6 Å². The van der Waals surface area contributed by atoms with E-state index in [1.807, 2.05) is 6.92 Å². The number of carbonyl (C=O) groups excluding carboxylic acids is 1. The molecule has 1 aliphatic rings. The average molecular weight is 305 g/mol. The van der Waals surface area contributed by atoms with Crippen molar-refractivity contribution in [3.05, 3.63) is 29.3 Å². The first-order valence-corrected chi connectivity index (χ1v) is 6.83. The second-order valence-electron chi connectivity index (χ2n) is 4.05. The molecule has 1 amide bonds. The van der Waals surface area contributed by atoms with Crippen LogP contribution in [0.3, 0.4) is 0 Å². The van der Waals surface area contributed by atoms with Crippen LogP contribution in [0.2, 0.25) is 5.02 Å². The summed E-state index contributed by atoms with van der Waals surface area (Å²) in [5.41, 5.74) is 0.741. The molecule has 1 atom stereocenters. The number of rotatable bonds is 2. The van der Waals surface area contributed by atoms with Crippen LogP contribution in [0.1, 0.15) is 6.92 Å². The van der Waals surface area contributed by atoms with Gasteiger partial charge < -0.3 is 4.90 Å². The maximum atomic E-state index is 12.3. The zero-order chi connectivity index (χ0) is 14.0. The number of amides is 1. The fourth-order valence-electron chi connectivity index (χ4n) is 1.71. The van der Waals surface area contributed by atoms with E-state index in [9.17, 15) is 13.6 Å². The highest BCUT2D eigenvalue weighted by Gasteiger charge is 2.29. The van der Waals surface area contributed by atoms with E-state index in [0.717, 1.165) is 5.69 Å². The topological polar surface area (TPSA) is 32.7 Å². The van der Waals surface area contributed by atoms with Crippen LogP contribution in [0.4, 0.5) is 14.5 Å². The normalized spacial score (nSPS) is 21.4. The van der Waals surface area contributed by atoms with Crippen molar-refractivity contribution in [1.29, 1.82) is 0 Å². The Kier molecular flexibility index (Phi) is 4.42. The van der Waals surface area contributed by atoms with Gasteiger partial charge in [0, 0.05) is 22.5 Å². The minimum Gasteiger partial charge on any atom is -0.320 e. The van der Waals surface area contributed by atoms with Crippen molar-refractivity contribution >= 4 is 40.1 Å². The van der Waals surface area contributed by atoms with Crippen molar-refractivity contribution in [3.8, 4) is 0 Å². The molecule has 1 aromatic rings. The van der Waals surface area contributed by atoms with Gasteiger partial charge in [0.15, 0.2) is 5.17 Å². The third-order valence-electron chi connectivity index (χ3n) is 2.49. The SMILES string of the molecule is CC1CN(c2cccc(Cl)c2)C(=NC(=O)C(F)F)S1. The summed E-state index contributed by atoms with van der Waals surface area (Å²) in [6, 6.07) is 6.99. The molecule has 0 spiro atoms. The molecule has 0 radical (unpaired) electrons. The molecule has 1 aromatic carbocycles. The van der Waals surface area contributed by atoms with Crippen molar-refractivity contribution in [3.63, 3.8) is 0 Å². The maximum absolute atomic E-state index is 12.3. The molecule has 2 rings (SSSR count). The van der Waals surface area contributed by atoms with Crippen molar-refractivity contribution < 1.29 is 13.6 Å². The van der Waals surface area contributed by atoms with E-state index in [2.05, 4.69) is 4.99 Å². The number of benzene rings is 1. The van der Waals surface area contributed by atoms with E-state index in [0.29, 0.717) is 16.7 Å². The lowest BCUT2D eigenvalue weighted by molar-refractivity contribution is -0.128. The number of hydrogen-bond acceptors (Lipinski definition) is 2. The average Bonchev–Trinajstić information content (AvgIpc) is 2.70. The van der Waals surface area contributed by atoms with Crippen molar-refractivity contribution in [2.75, 3.05) is 11.4 Å². The molecule has 1 aliphatic heterocycles. The van der Waals surface area contributed by atoms with Crippen LogP contribution in [0.15, 0.2) is 29.3 Å². The van der Waals surface area contributed by atoms with E-state index in [-0.39, 0.29) is 5.25 Å². The number of hydrogen-bond donors (Lipinski definition) is 0. The lowest BCUT2D eigenvalue weighted by atomic mass is 10.3. The second kappa shape index (κ2) is 5.88. The Morgan fingerprint density at radius 3 is 2.95 bits per heavy atom. The summed E-state index contributed by atoms with van der Waals surface area (Å²) >= 11 is 7.20. The molecule has 0 aromatic heterocycles. The molecule has 1 saturated heterocycles. The fraction of sp³-hybridized carbons (Fsp3) is 0.333. The fourth-order valence-corrected chi connectivity index (χ4v) is 2.92. The largest absolute Gasteiger partial charge is 0.320 e. The summed E-state index contributed by atoms with van der Waals surface area (Å²) in [5, 5.41) is 1.00. The van der Waals surface area contributed by atoms with Crippen LogP contribution in [0, 0.1) is 0 Å². The molecule has 19 heavy (non-hydrogen) atoms. The first-order chi connectivity index (χ1) is 8.97. The smallest absolute Gasteiger partial charge is 0.317 e. The Labute approximate surface area is 118 Å². The molecular formula is C12H11ClF2N2OS. The Hall–Kier alpha value is -1.14. The van der Waals surface area contributed by atoms with Crippen LogP contribution in [0.5, 0.6) is 0 Å². The van der Waals surface area contributed by atoms with Gasteiger partial charge >= 0.3 is 12.3 Å². The van der Waals surface area contributed by atoms with Crippen molar-refractivity contribution in [1.82, 2.24) is 0 Å². The molecule has 102 valence electrons. The minimum atomic E-state index is -3.08. The molecule has 0 aliphatic carbocycles. The van der Waals surface area contributed by atoms with Gasteiger partial charge in [0.25, 0.3) is 0 Å². The molecule has 1 heterocycles. The van der Waals surface area contributed by atoms with Gasteiger partial charge in [-0.05, 0) is 18.2 Å². The Morgan fingerprint density at radius 2 is 2.32 bits per heavy atom. The summed E-state index contributed by atoms with van der Waals surface area (Å²) in [5.74, 6) is -1.41. The first kappa shape index (κ1) is 14.3. The lowest BCUT2D eigenvalue weighted by Crippen LogP contribution is -2.26. The highest BCUT2D eigenvalue weighted by atomic mass is 35.5. The molecule has 1 fully saturated rings. The highest BCUT2D eigenvalue weighted by Crippen LogP contribution is 2.31. The summed E-state index contributed by atoms with van der Waals surface area (Å²) in [4.78, 5) is 16.3. The predicted octanol–water partition coefficient (Wildman–Crippen LogP) is 3.43. The molecule has 7 heteroatoms. The first-order valence-electron chi connectivity index (χ1n) is 5.58. The van der Waals surface area contributed by atoms with E-state index >= 15 is 0 Å². The number of anilines is 1. The second-order valence-corrected chi connectivity index (χ2v) is 5.89. The van der Waals surface area contributed by atoms with Gasteiger partial charge in [0.1, 0.15) is 0 Å². The van der Waals surface area contributed by atoms with Gasteiger partial charge in [-0.25, -0.2) is 0 Å². The molecule has 0 saturated carbocycles. The van der Waals surface area contributed by atoms with Crippen LogP contribution in [-0.2, 0) is 4.79 Å². The van der Waals surface area contributed by atoms with E-state index in [1.165, 1.54) is 11.8 Å². The number of nitrogens with zero attached hydrogens (tertiary/aromatic N) is 2. The number of thioether (sulfide) groups is 1.